The first-order valence-electron chi connectivity index (χ1n) is 5.90. The molecule has 0 amide bonds. The number of rotatable bonds is 6. The third-order valence-electron chi connectivity index (χ3n) is 2.55. The van der Waals surface area contributed by atoms with Crippen molar-refractivity contribution in [2.45, 2.75) is 24.7 Å². The molecule has 0 saturated heterocycles. The Labute approximate surface area is 113 Å². The van der Waals surface area contributed by atoms with Crippen LogP contribution >= 0.6 is 0 Å². The number of sulfone groups is 1. The number of hydrogen-bond donors (Lipinski definition) is 2. The molecule has 1 aromatic carbocycles. The summed E-state index contributed by atoms with van der Waals surface area (Å²) >= 11 is 0. The van der Waals surface area contributed by atoms with Crippen LogP contribution in [0.3, 0.4) is 0 Å². The minimum atomic E-state index is -3.32. The van der Waals surface area contributed by atoms with Gasteiger partial charge in [0.2, 0.25) is 0 Å². The average Bonchev–Trinajstić information content (AvgIpc) is 2.37. The Morgan fingerprint density at radius 3 is 2.63 bits per heavy atom. The lowest BCUT2D eigenvalue weighted by atomic mass is 10.2. The Morgan fingerprint density at radius 2 is 2.11 bits per heavy atom. The second-order valence-electron chi connectivity index (χ2n) is 4.15. The van der Waals surface area contributed by atoms with E-state index in [9.17, 15) is 8.42 Å². The minimum Gasteiger partial charge on any atom is -0.493 e. The average molecular weight is 285 g/mol. The van der Waals surface area contributed by atoms with Crippen LogP contribution in [0, 0.1) is 0 Å². The lowest BCUT2D eigenvalue weighted by molar-refractivity contribution is 0.308. The molecule has 0 saturated carbocycles. The van der Waals surface area contributed by atoms with Crippen molar-refractivity contribution < 1.29 is 13.2 Å². The zero-order valence-corrected chi connectivity index (χ0v) is 11.9. The Morgan fingerprint density at radius 1 is 1.42 bits per heavy atom. The number of unbranched alkanes of at least 4 members (excludes halogenated alkanes) is 1. The van der Waals surface area contributed by atoms with Gasteiger partial charge >= 0.3 is 0 Å². The van der Waals surface area contributed by atoms with Crippen molar-refractivity contribution in [2.75, 3.05) is 12.9 Å². The zero-order chi connectivity index (χ0) is 14.5. The topological polar surface area (TPSA) is 108 Å². The van der Waals surface area contributed by atoms with E-state index in [4.69, 9.17) is 16.3 Å². The Kier molecular flexibility index (Phi) is 5.17. The van der Waals surface area contributed by atoms with Gasteiger partial charge < -0.3 is 16.3 Å². The van der Waals surface area contributed by atoms with E-state index in [-0.39, 0.29) is 10.7 Å². The van der Waals surface area contributed by atoms with Crippen LogP contribution in [0.2, 0.25) is 0 Å². The SMILES string of the molecule is CCCCOc1ccc(S(C)(=O)=O)cc1/C(N)=N/N. The first-order valence-corrected chi connectivity index (χ1v) is 7.80. The number of amidine groups is 1. The number of hydrogen-bond acceptors (Lipinski definition) is 5. The minimum absolute atomic E-state index is 0.0389. The van der Waals surface area contributed by atoms with Gasteiger partial charge in [-0.15, -0.1) is 0 Å². The first kappa shape index (κ1) is 15.3. The van der Waals surface area contributed by atoms with E-state index in [0.717, 1.165) is 19.1 Å². The molecule has 19 heavy (non-hydrogen) atoms. The number of ether oxygens (including phenoxy) is 1. The van der Waals surface area contributed by atoms with Crippen molar-refractivity contribution in [3.63, 3.8) is 0 Å². The molecule has 0 aromatic heterocycles. The maximum absolute atomic E-state index is 11.5. The van der Waals surface area contributed by atoms with E-state index in [0.29, 0.717) is 17.9 Å². The van der Waals surface area contributed by atoms with Crippen LogP contribution in [0.4, 0.5) is 0 Å². The van der Waals surface area contributed by atoms with Crippen LogP contribution in [-0.2, 0) is 9.84 Å². The molecule has 0 spiro atoms. The van der Waals surface area contributed by atoms with Gasteiger partial charge in [-0.05, 0) is 24.6 Å². The van der Waals surface area contributed by atoms with Crippen LogP contribution < -0.4 is 16.3 Å². The summed E-state index contributed by atoms with van der Waals surface area (Å²) < 4.78 is 28.6. The van der Waals surface area contributed by atoms with Crippen molar-refractivity contribution in [3.05, 3.63) is 23.8 Å². The van der Waals surface area contributed by atoms with Crippen molar-refractivity contribution >= 4 is 15.7 Å². The lowest BCUT2D eigenvalue weighted by Gasteiger charge is -2.11. The maximum atomic E-state index is 11.5. The van der Waals surface area contributed by atoms with Crippen molar-refractivity contribution in [1.82, 2.24) is 0 Å². The number of hydrazone groups is 1. The molecule has 0 heterocycles. The van der Waals surface area contributed by atoms with Crippen molar-refractivity contribution in [2.24, 2.45) is 16.7 Å². The molecule has 1 rings (SSSR count). The van der Waals surface area contributed by atoms with Gasteiger partial charge in [0.15, 0.2) is 15.7 Å². The van der Waals surface area contributed by atoms with Gasteiger partial charge in [-0.3, -0.25) is 0 Å². The van der Waals surface area contributed by atoms with Crippen molar-refractivity contribution in [3.8, 4) is 5.75 Å². The molecule has 0 aliphatic heterocycles. The van der Waals surface area contributed by atoms with Gasteiger partial charge in [0.25, 0.3) is 0 Å². The molecule has 0 fully saturated rings. The lowest BCUT2D eigenvalue weighted by Crippen LogP contribution is -2.18. The summed E-state index contributed by atoms with van der Waals surface area (Å²) in [6, 6.07) is 4.46. The molecule has 0 radical (unpaired) electrons. The molecular formula is C12H19N3O3S. The summed E-state index contributed by atoms with van der Waals surface area (Å²) in [4.78, 5) is 0.150. The summed E-state index contributed by atoms with van der Waals surface area (Å²) in [6.45, 7) is 2.58. The highest BCUT2D eigenvalue weighted by atomic mass is 32.2. The van der Waals surface area contributed by atoms with Crippen LogP contribution in [0.15, 0.2) is 28.2 Å². The fourth-order valence-electron chi connectivity index (χ4n) is 1.46. The molecular weight excluding hydrogens is 266 g/mol. The molecule has 0 atom stereocenters. The second kappa shape index (κ2) is 6.42. The van der Waals surface area contributed by atoms with E-state index < -0.39 is 9.84 Å². The molecule has 4 N–H and O–H groups in total. The summed E-state index contributed by atoms with van der Waals surface area (Å²) in [6.07, 6.45) is 3.02. The van der Waals surface area contributed by atoms with Gasteiger partial charge in [0.05, 0.1) is 17.1 Å². The highest BCUT2D eigenvalue weighted by Crippen LogP contribution is 2.23. The van der Waals surface area contributed by atoms with Gasteiger partial charge in [-0.25, -0.2) is 8.42 Å². The maximum Gasteiger partial charge on any atom is 0.175 e. The van der Waals surface area contributed by atoms with E-state index in [1.807, 2.05) is 6.92 Å². The second-order valence-corrected chi connectivity index (χ2v) is 6.16. The van der Waals surface area contributed by atoms with Gasteiger partial charge in [0.1, 0.15) is 5.75 Å². The molecule has 1 aromatic rings. The number of nitrogens with zero attached hydrogens (tertiary/aromatic N) is 1. The van der Waals surface area contributed by atoms with Crippen LogP contribution in [0.25, 0.3) is 0 Å². The molecule has 0 unspecified atom stereocenters. The first-order chi connectivity index (χ1) is 8.90. The third-order valence-corrected chi connectivity index (χ3v) is 3.66. The van der Waals surface area contributed by atoms with Crippen LogP contribution in [0.1, 0.15) is 25.3 Å². The zero-order valence-electron chi connectivity index (χ0n) is 11.1. The molecule has 7 heteroatoms. The monoisotopic (exact) mass is 285 g/mol. The molecule has 0 aliphatic carbocycles. The Balaban J connectivity index is 3.18. The molecule has 6 nitrogen and oxygen atoms in total. The largest absolute Gasteiger partial charge is 0.493 e. The predicted octanol–water partition coefficient (Wildman–Crippen LogP) is 0.848. The fraction of sp³-hybridized carbons (Fsp3) is 0.417. The standard InChI is InChI=1S/C12H19N3O3S/c1-3-4-7-18-11-6-5-9(19(2,16)17)8-10(11)12(13)15-14/h5-6,8H,3-4,7,14H2,1-2H3,(H2,13,15). The quantitative estimate of drug-likeness (QED) is 0.265. The summed E-state index contributed by atoms with van der Waals surface area (Å²) in [7, 11) is -3.32. The highest BCUT2D eigenvalue weighted by Gasteiger charge is 2.14. The van der Waals surface area contributed by atoms with E-state index in [1.54, 1.807) is 6.07 Å². The molecule has 106 valence electrons. The van der Waals surface area contributed by atoms with Crippen LogP contribution in [0.5, 0.6) is 5.75 Å². The van der Waals surface area contributed by atoms with Gasteiger partial charge in [-0.1, -0.05) is 13.3 Å². The van der Waals surface area contributed by atoms with E-state index >= 15 is 0 Å². The van der Waals surface area contributed by atoms with Crippen molar-refractivity contribution in [1.29, 1.82) is 0 Å². The van der Waals surface area contributed by atoms with Gasteiger partial charge in [0, 0.05) is 6.26 Å². The number of benzene rings is 1. The fourth-order valence-corrected chi connectivity index (χ4v) is 2.11. The van der Waals surface area contributed by atoms with E-state index in [2.05, 4.69) is 5.10 Å². The Bertz CT molecular complexity index is 568. The summed E-state index contributed by atoms with van der Waals surface area (Å²) in [5.41, 5.74) is 6.05. The van der Waals surface area contributed by atoms with Crippen LogP contribution in [-0.4, -0.2) is 27.1 Å². The Hall–Kier alpha value is -1.76. The number of nitrogens with two attached hydrogens (primary N) is 2. The predicted molar refractivity (Wildman–Crippen MR) is 74.9 cm³/mol. The van der Waals surface area contributed by atoms with E-state index in [1.165, 1.54) is 12.1 Å². The van der Waals surface area contributed by atoms with Gasteiger partial charge in [-0.2, -0.15) is 5.10 Å². The summed E-state index contributed by atoms with van der Waals surface area (Å²) in [5, 5.41) is 3.39. The third kappa shape index (κ3) is 4.13. The normalized spacial score (nSPS) is 12.4. The smallest absolute Gasteiger partial charge is 0.175 e. The highest BCUT2D eigenvalue weighted by molar-refractivity contribution is 7.90. The molecule has 0 aliphatic rings. The molecule has 0 bridgehead atoms. The summed E-state index contributed by atoms with van der Waals surface area (Å²) in [5.74, 6) is 5.66.